The van der Waals surface area contributed by atoms with Gasteiger partial charge in [0.15, 0.2) is 5.82 Å². The van der Waals surface area contributed by atoms with Crippen LogP contribution in [0, 0.1) is 0 Å². The van der Waals surface area contributed by atoms with Gasteiger partial charge < -0.3 is 14.2 Å². The minimum Gasteiger partial charge on any atom is -0.392 e. The van der Waals surface area contributed by atoms with Crippen LogP contribution in [0.4, 0.5) is 0 Å². The molecule has 0 atom stereocenters. The predicted octanol–water partition coefficient (Wildman–Crippen LogP) is 2.69. The summed E-state index contributed by atoms with van der Waals surface area (Å²) < 4.78 is 7.26. The number of aromatic nitrogens is 3. The SMILES string of the molecule is CC(C)c1nc(Cn2cc(CO)c3ccccc32)no1. The Bertz CT molecular complexity index is 728. The third-order valence-electron chi connectivity index (χ3n) is 3.33. The third kappa shape index (κ3) is 2.20. The van der Waals surface area contributed by atoms with Crippen LogP contribution >= 0.6 is 0 Å². The van der Waals surface area contributed by atoms with E-state index in [1.54, 1.807) is 0 Å². The van der Waals surface area contributed by atoms with E-state index in [4.69, 9.17) is 4.52 Å². The molecule has 5 heteroatoms. The lowest BCUT2D eigenvalue weighted by Crippen LogP contribution is -2.00. The Morgan fingerprint density at radius 2 is 2.10 bits per heavy atom. The lowest BCUT2D eigenvalue weighted by atomic mass is 10.2. The van der Waals surface area contributed by atoms with Crippen LogP contribution in [0.1, 0.15) is 37.0 Å². The summed E-state index contributed by atoms with van der Waals surface area (Å²) in [6.07, 6.45) is 1.94. The third-order valence-corrected chi connectivity index (χ3v) is 3.33. The number of nitrogens with zero attached hydrogens (tertiary/aromatic N) is 3. The van der Waals surface area contributed by atoms with E-state index in [1.807, 2.05) is 48.9 Å². The average molecular weight is 271 g/mol. The summed E-state index contributed by atoms with van der Waals surface area (Å²) >= 11 is 0. The Hall–Kier alpha value is -2.14. The number of fused-ring (bicyclic) bond motifs is 1. The lowest BCUT2D eigenvalue weighted by molar-refractivity contribution is 0.283. The second-order valence-corrected chi connectivity index (χ2v) is 5.16. The van der Waals surface area contributed by atoms with Crippen molar-refractivity contribution in [1.29, 1.82) is 0 Å². The van der Waals surface area contributed by atoms with Gasteiger partial charge in [0.2, 0.25) is 5.89 Å². The summed E-state index contributed by atoms with van der Waals surface area (Å²) in [4.78, 5) is 4.39. The highest BCUT2D eigenvalue weighted by atomic mass is 16.5. The van der Waals surface area contributed by atoms with E-state index in [-0.39, 0.29) is 12.5 Å². The molecule has 3 aromatic rings. The van der Waals surface area contributed by atoms with Crippen LogP contribution < -0.4 is 0 Å². The molecule has 1 N–H and O–H groups in total. The van der Waals surface area contributed by atoms with E-state index in [0.717, 1.165) is 16.5 Å². The quantitative estimate of drug-likeness (QED) is 0.792. The van der Waals surface area contributed by atoms with Gasteiger partial charge in [-0.2, -0.15) is 4.98 Å². The number of aliphatic hydroxyl groups excluding tert-OH is 1. The first kappa shape index (κ1) is 12.9. The van der Waals surface area contributed by atoms with Gasteiger partial charge in [-0.3, -0.25) is 0 Å². The minimum absolute atomic E-state index is 0.0248. The van der Waals surface area contributed by atoms with Gasteiger partial charge in [-0.25, -0.2) is 0 Å². The number of hydrogen-bond acceptors (Lipinski definition) is 4. The fourth-order valence-corrected chi connectivity index (χ4v) is 2.30. The van der Waals surface area contributed by atoms with Gasteiger partial charge in [0.25, 0.3) is 0 Å². The largest absolute Gasteiger partial charge is 0.392 e. The highest BCUT2D eigenvalue weighted by Gasteiger charge is 2.12. The van der Waals surface area contributed by atoms with Crippen LogP contribution in [-0.2, 0) is 13.2 Å². The van der Waals surface area contributed by atoms with Crippen molar-refractivity contribution in [3.63, 3.8) is 0 Å². The molecule has 20 heavy (non-hydrogen) atoms. The summed E-state index contributed by atoms with van der Waals surface area (Å²) in [5, 5.41) is 14.5. The van der Waals surface area contributed by atoms with Gasteiger partial charge in [0.05, 0.1) is 13.2 Å². The van der Waals surface area contributed by atoms with Gasteiger partial charge in [-0.15, -0.1) is 0 Å². The van der Waals surface area contributed by atoms with E-state index in [9.17, 15) is 5.11 Å². The molecule has 2 heterocycles. The molecule has 0 aliphatic rings. The molecule has 0 radical (unpaired) electrons. The molecular weight excluding hydrogens is 254 g/mol. The molecular formula is C15H17N3O2. The Morgan fingerprint density at radius 3 is 2.80 bits per heavy atom. The maximum Gasteiger partial charge on any atom is 0.229 e. The lowest BCUT2D eigenvalue weighted by Gasteiger charge is -2.00. The van der Waals surface area contributed by atoms with E-state index < -0.39 is 0 Å². The molecule has 0 unspecified atom stereocenters. The van der Waals surface area contributed by atoms with Gasteiger partial charge in [0.1, 0.15) is 0 Å². The van der Waals surface area contributed by atoms with Gasteiger partial charge in [-0.05, 0) is 6.07 Å². The first-order valence-electron chi connectivity index (χ1n) is 6.69. The van der Waals surface area contributed by atoms with Crippen molar-refractivity contribution in [2.75, 3.05) is 0 Å². The van der Waals surface area contributed by atoms with E-state index in [1.165, 1.54) is 0 Å². The zero-order chi connectivity index (χ0) is 14.1. The van der Waals surface area contributed by atoms with E-state index in [0.29, 0.717) is 18.3 Å². The van der Waals surface area contributed by atoms with Gasteiger partial charge >= 0.3 is 0 Å². The molecule has 0 aliphatic carbocycles. The number of rotatable bonds is 4. The van der Waals surface area contributed by atoms with Crippen molar-refractivity contribution in [2.24, 2.45) is 0 Å². The molecule has 0 amide bonds. The molecule has 0 saturated heterocycles. The molecule has 0 spiro atoms. The van der Waals surface area contributed by atoms with Crippen molar-refractivity contribution in [1.82, 2.24) is 14.7 Å². The Kier molecular flexibility index (Phi) is 3.28. The Balaban J connectivity index is 1.97. The Labute approximate surface area is 116 Å². The molecule has 0 aliphatic heterocycles. The molecule has 2 aromatic heterocycles. The topological polar surface area (TPSA) is 64.1 Å². The second-order valence-electron chi connectivity index (χ2n) is 5.16. The zero-order valence-electron chi connectivity index (χ0n) is 11.6. The fourth-order valence-electron chi connectivity index (χ4n) is 2.30. The number of para-hydroxylation sites is 1. The Morgan fingerprint density at radius 1 is 1.30 bits per heavy atom. The number of aliphatic hydroxyl groups is 1. The molecule has 0 bridgehead atoms. The monoisotopic (exact) mass is 271 g/mol. The second kappa shape index (κ2) is 5.09. The summed E-state index contributed by atoms with van der Waals surface area (Å²) in [5.41, 5.74) is 1.97. The highest BCUT2D eigenvalue weighted by molar-refractivity contribution is 5.83. The van der Waals surface area contributed by atoms with E-state index >= 15 is 0 Å². The van der Waals surface area contributed by atoms with Crippen LogP contribution in [-0.4, -0.2) is 19.8 Å². The van der Waals surface area contributed by atoms with Crippen LogP contribution in [0.25, 0.3) is 10.9 Å². The summed E-state index contributed by atoms with van der Waals surface area (Å²) in [5.74, 6) is 1.53. The smallest absolute Gasteiger partial charge is 0.229 e. The summed E-state index contributed by atoms with van der Waals surface area (Å²) in [6, 6.07) is 7.98. The molecule has 0 saturated carbocycles. The van der Waals surface area contributed by atoms with Crippen molar-refractivity contribution < 1.29 is 9.63 Å². The normalized spacial score (nSPS) is 11.6. The molecule has 104 valence electrons. The maximum absolute atomic E-state index is 9.43. The van der Waals surface area contributed by atoms with Crippen molar-refractivity contribution in [3.8, 4) is 0 Å². The first-order chi connectivity index (χ1) is 9.69. The van der Waals surface area contributed by atoms with Gasteiger partial charge in [0, 0.05) is 28.6 Å². The highest BCUT2D eigenvalue weighted by Crippen LogP contribution is 2.22. The fraction of sp³-hybridized carbons (Fsp3) is 0.333. The van der Waals surface area contributed by atoms with Crippen molar-refractivity contribution in [3.05, 3.63) is 47.7 Å². The van der Waals surface area contributed by atoms with Crippen LogP contribution in [0.2, 0.25) is 0 Å². The van der Waals surface area contributed by atoms with E-state index in [2.05, 4.69) is 10.1 Å². The number of benzene rings is 1. The molecule has 0 fully saturated rings. The van der Waals surface area contributed by atoms with Crippen LogP contribution in [0.15, 0.2) is 35.0 Å². The summed E-state index contributed by atoms with van der Waals surface area (Å²) in [6.45, 7) is 4.60. The minimum atomic E-state index is 0.0248. The standard InChI is InChI=1S/C15H17N3O2/c1-10(2)15-16-14(17-20-15)8-18-7-11(9-19)12-5-3-4-6-13(12)18/h3-7,10,19H,8-9H2,1-2H3. The summed E-state index contributed by atoms with van der Waals surface area (Å²) in [7, 11) is 0. The molecule has 1 aromatic carbocycles. The van der Waals surface area contributed by atoms with Gasteiger partial charge in [-0.1, -0.05) is 37.2 Å². The van der Waals surface area contributed by atoms with Crippen molar-refractivity contribution in [2.45, 2.75) is 32.9 Å². The zero-order valence-corrected chi connectivity index (χ0v) is 11.6. The average Bonchev–Trinajstić information content (AvgIpc) is 3.05. The first-order valence-corrected chi connectivity index (χ1v) is 6.69. The maximum atomic E-state index is 9.43. The van der Waals surface area contributed by atoms with Crippen LogP contribution in [0.3, 0.4) is 0 Å². The predicted molar refractivity (Wildman–Crippen MR) is 75.3 cm³/mol. The molecule has 5 nitrogen and oxygen atoms in total. The molecule has 3 rings (SSSR count). The number of hydrogen-bond donors (Lipinski definition) is 1. The van der Waals surface area contributed by atoms with Crippen LogP contribution in [0.5, 0.6) is 0 Å². The van der Waals surface area contributed by atoms with Crippen molar-refractivity contribution >= 4 is 10.9 Å².